The van der Waals surface area contributed by atoms with Crippen molar-refractivity contribution in [3.63, 3.8) is 0 Å². The number of rotatable bonds is 8. The van der Waals surface area contributed by atoms with Crippen LogP contribution in [0.2, 0.25) is 0 Å². The molecule has 0 atom stereocenters. The Morgan fingerprint density at radius 3 is 1.86 bits per heavy atom. The molecule has 0 spiro atoms. The molecule has 0 amide bonds. The fourth-order valence-electron chi connectivity index (χ4n) is 4.63. The molecule has 29 heavy (non-hydrogen) atoms. The third kappa shape index (κ3) is 7.08. The van der Waals surface area contributed by atoms with Gasteiger partial charge >= 0.3 is 0 Å². The van der Waals surface area contributed by atoms with Crippen molar-refractivity contribution in [2.75, 3.05) is 0 Å². The van der Waals surface area contributed by atoms with E-state index in [-0.39, 0.29) is 0 Å². The first-order chi connectivity index (χ1) is 14.3. The summed E-state index contributed by atoms with van der Waals surface area (Å²) in [7, 11) is 0. The van der Waals surface area contributed by atoms with Crippen molar-refractivity contribution >= 4 is 0 Å². The van der Waals surface area contributed by atoms with Crippen LogP contribution in [0.3, 0.4) is 0 Å². The topological polar surface area (TPSA) is 0 Å². The molecule has 3 rings (SSSR count). The van der Waals surface area contributed by atoms with Gasteiger partial charge in [0, 0.05) is 11.1 Å². The lowest BCUT2D eigenvalue weighted by Crippen LogP contribution is -2.13. The smallest absolute Gasteiger partial charge is 0.0249 e. The van der Waals surface area contributed by atoms with Crippen LogP contribution in [0.25, 0.3) is 0 Å². The molecule has 154 valence electrons. The van der Waals surface area contributed by atoms with Crippen molar-refractivity contribution in [3.8, 4) is 11.8 Å². The number of benzene rings is 2. The summed E-state index contributed by atoms with van der Waals surface area (Å²) >= 11 is 0. The number of hydrogen-bond donors (Lipinski definition) is 0. The van der Waals surface area contributed by atoms with Gasteiger partial charge in [-0.25, -0.2) is 0 Å². The Bertz CT molecular complexity index is 762. The molecule has 0 nitrogen and oxygen atoms in total. The Morgan fingerprint density at radius 1 is 0.690 bits per heavy atom. The van der Waals surface area contributed by atoms with Gasteiger partial charge in [0.05, 0.1) is 0 Å². The summed E-state index contributed by atoms with van der Waals surface area (Å²) in [5.74, 6) is 8.37. The molecule has 0 unspecified atom stereocenters. The first-order valence-electron chi connectivity index (χ1n) is 12.0. The summed E-state index contributed by atoms with van der Waals surface area (Å²) in [5, 5.41) is 0. The minimum Gasteiger partial charge on any atom is -0.0654 e. The van der Waals surface area contributed by atoms with Gasteiger partial charge in [0.2, 0.25) is 0 Å². The fourth-order valence-corrected chi connectivity index (χ4v) is 4.63. The van der Waals surface area contributed by atoms with Gasteiger partial charge in [-0.1, -0.05) is 88.5 Å². The van der Waals surface area contributed by atoms with Crippen LogP contribution >= 0.6 is 0 Å². The van der Waals surface area contributed by atoms with E-state index in [1.165, 1.54) is 75.3 Å². The molecule has 0 aliphatic heterocycles. The minimum absolute atomic E-state index is 0.759. The van der Waals surface area contributed by atoms with Crippen molar-refractivity contribution in [2.24, 2.45) is 5.92 Å². The summed E-state index contributed by atoms with van der Waals surface area (Å²) in [4.78, 5) is 0. The lowest BCUT2D eigenvalue weighted by atomic mass is 9.77. The molecule has 0 heterocycles. The van der Waals surface area contributed by atoms with Crippen molar-refractivity contribution in [2.45, 2.75) is 90.4 Å². The highest BCUT2D eigenvalue weighted by Crippen LogP contribution is 2.37. The first-order valence-corrected chi connectivity index (χ1v) is 12.0. The molecule has 2 aromatic rings. The van der Waals surface area contributed by atoms with Gasteiger partial charge in [-0.2, -0.15) is 0 Å². The lowest BCUT2D eigenvalue weighted by Gasteiger charge is -2.29. The lowest BCUT2D eigenvalue weighted by molar-refractivity contribution is 0.302. The maximum atomic E-state index is 3.32. The standard InChI is InChI=1S/C29H38/c1-3-5-6-7-8-9-25-16-20-28(21-17-25)29-22-18-27(19-23-29)15-14-26-12-10-24(4-2)11-13-26/h10-13,18-19,22-23,25,28H,3-9,16-17,20-21H2,1-2H3. The third-order valence-electron chi connectivity index (χ3n) is 6.66. The third-order valence-corrected chi connectivity index (χ3v) is 6.66. The molecular weight excluding hydrogens is 348 g/mol. The Hall–Kier alpha value is -2.00. The average Bonchev–Trinajstić information content (AvgIpc) is 2.79. The van der Waals surface area contributed by atoms with Crippen LogP contribution in [0.5, 0.6) is 0 Å². The van der Waals surface area contributed by atoms with Gasteiger partial charge < -0.3 is 0 Å². The Balaban J connectivity index is 1.45. The van der Waals surface area contributed by atoms with Crippen LogP contribution in [0.4, 0.5) is 0 Å². The maximum absolute atomic E-state index is 3.32. The fraction of sp³-hybridized carbons (Fsp3) is 0.517. The van der Waals surface area contributed by atoms with Gasteiger partial charge in [0.1, 0.15) is 0 Å². The number of aryl methyl sites for hydroxylation is 1. The van der Waals surface area contributed by atoms with Gasteiger partial charge in [-0.15, -0.1) is 0 Å². The van der Waals surface area contributed by atoms with Crippen LogP contribution < -0.4 is 0 Å². The second-order valence-corrected chi connectivity index (χ2v) is 8.84. The summed E-state index contributed by atoms with van der Waals surface area (Å²) < 4.78 is 0. The molecular formula is C29H38. The second kappa shape index (κ2) is 11.9. The Morgan fingerprint density at radius 2 is 1.28 bits per heavy atom. The summed E-state index contributed by atoms with van der Waals surface area (Å²) in [5.41, 5.74) is 5.10. The minimum atomic E-state index is 0.759. The summed E-state index contributed by atoms with van der Waals surface area (Å²) in [6.07, 6.45) is 15.2. The van der Waals surface area contributed by atoms with E-state index < -0.39 is 0 Å². The van der Waals surface area contributed by atoms with E-state index in [9.17, 15) is 0 Å². The molecule has 0 saturated heterocycles. The van der Waals surface area contributed by atoms with E-state index in [0.29, 0.717) is 0 Å². The molecule has 1 fully saturated rings. The van der Waals surface area contributed by atoms with E-state index >= 15 is 0 Å². The van der Waals surface area contributed by atoms with Crippen LogP contribution in [-0.2, 0) is 6.42 Å². The van der Waals surface area contributed by atoms with E-state index in [1.54, 1.807) is 0 Å². The molecule has 0 heteroatoms. The highest BCUT2D eigenvalue weighted by molar-refractivity contribution is 5.44. The van der Waals surface area contributed by atoms with Gasteiger partial charge in [0.15, 0.2) is 0 Å². The zero-order chi connectivity index (χ0) is 20.3. The first kappa shape index (κ1) is 21.7. The van der Waals surface area contributed by atoms with Gasteiger partial charge in [-0.3, -0.25) is 0 Å². The molecule has 0 aromatic heterocycles. The Kier molecular flexibility index (Phi) is 8.88. The van der Waals surface area contributed by atoms with E-state index in [2.05, 4.69) is 74.2 Å². The van der Waals surface area contributed by atoms with Crippen LogP contribution in [0.15, 0.2) is 48.5 Å². The van der Waals surface area contributed by atoms with Crippen LogP contribution in [0, 0.1) is 17.8 Å². The quantitative estimate of drug-likeness (QED) is 0.316. The highest BCUT2D eigenvalue weighted by Gasteiger charge is 2.21. The molecule has 0 bridgehead atoms. The normalized spacial score (nSPS) is 18.8. The van der Waals surface area contributed by atoms with Crippen molar-refractivity contribution < 1.29 is 0 Å². The molecule has 1 aliphatic rings. The predicted octanol–water partition coefficient (Wildman–Crippen LogP) is 8.28. The van der Waals surface area contributed by atoms with E-state index in [1.807, 2.05) is 0 Å². The number of hydrogen-bond acceptors (Lipinski definition) is 0. The SMILES string of the molecule is CCCCCCCC1CCC(c2ccc(C#Cc3ccc(CC)cc3)cc2)CC1. The molecule has 0 N–H and O–H groups in total. The molecule has 2 aromatic carbocycles. The zero-order valence-electron chi connectivity index (χ0n) is 18.6. The number of unbranched alkanes of at least 4 members (excludes halogenated alkanes) is 4. The maximum Gasteiger partial charge on any atom is 0.0249 e. The van der Waals surface area contributed by atoms with Gasteiger partial charge in [-0.05, 0) is 79.3 Å². The summed E-state index contributed by atoms with van der Waals surface area (Å²) in [6, 6.07) is 17.7. The summed E-state index contributed by atoms with van der Waals surface area (Å²) in [6.45, 7) is 4.48. The van der Waals surface area contributed by atoms with E-state index in [4.69, 9.17) is 0 Å². The predicted molar refractivity (Wildman–Crippen MR) is 126 cm³/mol. The van der Waals surface area contributed by atoms with Crippen molar-refractivity contribution in [1.29, 1.82) is 0 Å². The van der Waals surface area contributed by atoms with Crippen molar-refractivity contribution in [3.05, 3.63) is 70.8 Å². The second-order valence-electron chi connectivity index (χ2n) is 8.84. The van der Waals surface area contributed by atoms with Gasteiger partial charge in [0.25, 0.3) is 0 Å². The average molecular weight is 387 g/mol. The largest absolute Gasteiger partial charge is 0.0654 e. The van der Waals surface area contributed by atoms with Crippen LogP contribution in [-0.4, -0.2) is 0 Å². The molecule has 0 radical (unpaired) electrons. The highest BCUT2D eigenvalue weighted by atomic mass is 14.3. The molecule has 1 saturated carbocycles. The van der Waals surface area contributed by atoms with Crippen LogP contribution in [0.1, 0.15) is 106 Å². The Labute approximate surface area is 179 Å². The monoisotopic (exact) mass is 386 g/mol. The van der Waals surface area contributed by atoms with E-state index in [0.717, 1.165) is 29.4 Å². The zero-order valence-corrected chi connectivity index (χ0v) is 18.6. The van der Waals surface area contributed by atoms with Crippen molar-refractivity contribution in [1.82, 2.24) is 0 Å². The molecule has 1 aliphatic carbocycles.